The van der Waals surface area contributed by atoms with Crippen LogP contribution in [0.5, 0.6) is 5.75 Å². The molecule has 0 radical (unpaired) electrons. The molecule has 6 heteroatoms. The predicted octanol–water partition coefficient (Wildman–Crippen LogP) is 3.68. The third-order valence-corrected chi connectivity index (χ3v) is 3.22. The van der Waals surface area contributed by atoms with Crippen molar-refractivity contribution in [1.29, 1.82) is 0 Å². The highest BCUT2D eigenvalue weighted by Gasteiger charge is 2.04. The number of nitro groups is 1. The fourth-order valence-corrected chi connectivity index (χ4v) is 1.99. The van der Waals surface area contributed by atoms with Crippen LogP contribution in [-0.2, 0) is 6.54 Å². The number of nitrogens with zero attached hydrogens (tertiary/aromatic N) is 1. The monoisotopic (exact) mass is 322 g/mol. The molecule has 0 aliphatic rings. The second kappa shape index (κ2) is 5.71. The van der Waals surface area contributed by atoms with Gasteiger partial charge in [0.25, 0.3) is 5.69 Å². The van der Waals surface area contributed by atoms with E-state index in [-0.39, 0.29) is 11.4 Å². The van der Waals surface area contributed by atoms with Gasteiger partial charge in [0.2, 0.25) is 0 Å². The van der Waals surface area contributed by atoms with Crippen LogP contribution in [0.4, 0.5) is 11.4 Å². The number of hydrogen-bond donors (Lipinski definition) is 2. The maximum absolute atomic E-state index is 10.5. The Labute approximate surface area is 118 Å². The van der Waals surface area contributed by atoms with Gasteiger partial charge in [-0.25, -0.2) is 0 Å². The first-order valence-corrected chi connectivity index (χ1v) is 6.31. The fourth-order valence-electron chi connectivity index (χ4n) is 1.57. The van der Waals surface area contributed by atoms with Crippen molar-refractivity contribution in [2.24, 2.45) is 0 Å². The zero-order valence-corrected chi connectivity index (χ0v) is 11.4. The van der Waals surface area contributed by atoms with Crippen LogP contribution in [0, 0.1) is 10.1 Å². The maximum atomic E-state index is 10.5. The van der Waals surface area contributed by atoms with Crippen LogP contribution in [0.2, 0.25) is 0 Å². The second-order valence-corrected chi connectivity index (χ2v) is 4.80. The minimum Gasteiger partial charge on any atom is -0.507 e. The van der Waals surface area contributed by atoms with E-state index in [1.54, 1.807) is 24.3 Å². The Morgan fingerprint density at radius 2 is 1.89 bits per heavy atom. The van der Waals surface area contributed by atoms with Crippen molar-refractivity contribution in [3.63, 3.8) is 0 Å². The molecule has 0 saturated carbocycles. The molecule has 0 aliphatic carbocycles. The van der Waals surface area contributed by atoms with E-state index in [1.165, 1.54) is 12.1 Å². The van der Waals surface area contributed by atoms with Gasteiger partial charge in [-0.05, 0) is 45.8 Å². The van der Waals surface area contributed by atoms with E-state index in [2.05, 4.69) is 21.2 Å². The molecule has 98 valence electrons. The Hall–Kier alpha value is -2.08. The van der Waals surface area contributed by atoms with Gasteiger partial charge in [-0.15, -0.1) is 0 Å². The number of nitrogens with one attached hydrogen (secondary N) is 1. The lowest BCUT2D eigenvalue weighted by molar-refractivity contribution is -0.384. The van der Waals surface area contributed by atoms with E-state index in [9.17, 15) is 15.2 Å². The van der Waals surface area contributed by atoms with Gasteiger partial charge in [0.05, 0.1) is 9.40 Å². The summed E-state index contributed by atoms with van der Waals surface area (Å²) in [7, 11) is 0. The van der Waals surface area contributed by atoms with Crippen LogP contribution >= 0.6 is 15.9 Å². The topological polar surface area (TPSA) is 75.4 Å². The van der Waals surface area contributed by atoms with Gasteiger partial charge in [0.1, 0.15) is 5.75 Å². The lowest BCUT2D eigenvalue weighted by Crippen LogP contribution is -1.99. The van der Waals surface area contributed by atoms with Crippen molar-refractivity contribution in [3.8, 4) is 5.75 Å². The van der Waals surface area contributed by atoms with Crippen molar-refractivity contribution in [2.45, 2.75) is 6.54 Å². The Morgan fingerprint density at radius 1 is 1.21 bits per heavy atom. The van der Waals surface area contributed by atoms with Crippen LogP contribution in [0.25, 0.3) is 0 Å². The van der Waals surface area contributed by atoms with Crippen LogP contribution in [0.15, 0.2) is 46.9 Å². The van der Waals surface area contributed by atoms with Gasteiger partial charge in [-0.3, -0.25) is 10.1 Å². The SMILES string of the molecule is O=[N+]([O-])c1ccc(NCc2ccc(O)c(Br)c2)cc1. The largest absolute Gasteiger partial charge is 0.507 e. The molecule has 0 heterocycles. The highest BCUT2D eigenvalue weighted by atomic mass is 79.9. The van der Waals surface area contributed by atoms with E-state index in [0.717, 1.165) is 11.3 Å². The molecule has 0 aliphatic heterocycles. The highest BCUT2D eigenvalue weighted by molar-refractivity contribution is 9.10. The standard InChI is InChI=1S/C13H11BrN2O3/c14-12-7-9(1-6-13(12)17)8-15-10-2-4-11(5-3-10)16(18)19/h1-7,15,17H,8H2. The highest BCUT2D eigenvalue weighted by Crippen LogP contribution is 2.24. The van der Waals surface area contributed by atoms with Crippen molar-refractivity contribution < 1.29 is 10.0 Å². The Balaban J connectivity index is 2.01. The summed E-state index contributed by atoms with van der Waals surface area (Å²) >= 11 is 3.25. The number of nitro benzene ring substituents is 1. The molecule has 19 heavy (non-hydrogen) atoms. The average molecular weight is 323 g/mol. The minimum absolute atomic E-state index is 0.0675. The third kappa shape index (κ3) is 3.45. The molecular weight excluding hydrogens is 312 g/mol. The van der Waals surface area contributed by atoms with Crippen LogP contribution in [0.3, 0.4) is 0 Å². The Kier molecular flexibility index (Phi) is 4.01. The average Bonchev–Trinajstić information content (AvgIpc) is 2.40. The summed E-state index contributed by atoms with van der Waals surface area (Å²) in [6, 6.07) is 11.5. The maximum Gasteiger partial charge on any atom is 0.269 e. The Bertz CT molecular complexity index is 599. The molecule has 0 spiro atoms. The first-order valence-electron chi connectivity index (χ1n) is 5.52. The van der Waals surface area contributed by atoms with Crippen LogP contribution in [-0.4, -0.2) is 10.0 Å². The third-order valence-electron chi connectivity index (χ3n) is 2.59. The smallest absolute Gasteiger partial charge is 0.269 e. The molecule has 0 saturated heterocycles. The molecule has 2 aromatic carbocycles. The molecule has 2 N–H and O–H groups in total. The van der Waals surface area contributed by atoms with E-state index >= 15 is 0 Å². The number of phenolic OH excluding ortho intramolecular Hbond substituents is 1. The van der Waals surface area contributed by atoms with Crippen LogP contribution in [0.1, 0.15) is 5.56 Å². The number of hydrogen-bond acceptors (Lipinski definition) is 4. The summed E-state index contributed by atoms with van der Waals surface area (Å²) in [4.78, 5) is 10.1. The zero-order chi connectivity index (χ0) is 13.8. The second-order valence-electron chi connectivity index (χ2n) is 3.94. The molecule has 0 bridgehead atoms. The molecule has 2 rings (SSSR count). The van der Waals surface area contributed by atoms with Crippen molar-refractivity contribution in [2.75, 3.05) is 5.32 Å². The van der Waals surface area contributed by atoms with Crippen molar-refractivity contribution >= 4 is 27.3 Å². The molecule has 0 unspecified atom stereocenters. The van der Waals surface area contributed by atoms with Gasteiger partial charge >= 0.3 is 0 Å². The summed E-state index contributed by atoms with van der Waals surface area (Å²) < 4.78 is 0.635. The first kappa shape index (κ1) is 13.4. The minimum atomic E-state index is -0.430. The van der Waals surface area contributed by atoms with Crippen molar-refractivity contribution in [1.82, 2.24) is 0 Å². The van der Waals surface area contributed by atoms with Gasteiger partial charge in [0.15, 0.2) is 0 Å². The number of non-ortho nitro benzene ring substituents is 1. The molecule has 0 aromatic heterocycles. The van der Waals surface area contributed by atoms with Crippen molar-refractivity contribution in [3.05, 3.63) is 62.6 Å². The predicted molar refractivity (Wildman–Crippen MR) is 76.2 cm³/mol. The van der Waals surface area contributed by atoms with Gasteiger partial charge in [0, 0.05) is 24.4 Å². The number of benzene rings is 2. The molecule has 0 amide bonds. The number of anilines is 1. The molecule has 0 fully saturated rings. The fraction of sp³-hybridized carbons (Fsp3) is 0.0769. The first-order chi connectivity index (χ1) is 9.06. The Morgan fingerprint density at radius 3 is 2.47 bits per heavy atom. The summed E-state index contributed by atoms with van der Waals surface area (Å²) in [5.74, 6) is 0.194. The van der Waals surface area contributed by atoms with E-state index < -0.39 is 4.92 Å². The summed E-state index contributed by atoms with van der Waals surface area (Å²) in [5, 5.41) is 23.0. The lowest BCUT2D eigenvalue weighted by atomic mass is 10.2. The number of aromatic hydroxyl groups is 1. The van der Waals surface area contributed by atoms with Crippen LogP contribution < -0.4 is 5.32 Å². The number of halogens is 1. The molecule has 5 nitrogen and oxygen atoms in total. The normalized spacial score (nSPS) is 10.2. The summed E-state index contributed by atoms with van der Waals surface area (Å²) in [5.41, 5.74) is 1.86. The molecular formula is C13H11BrN2O3. The van der Waals surface area contributed by atoms with E-state index in [0.29, 0.717) is 11.0 Å². The van der Waals surface area contributed by atoms with Gasteiger partial charge < -0.3 is 10.4 Å². The van der Waals surface area contributed by atoms with Gasteiger partial charge in [-0.1, -0.05) is 6.07 Å². The quantitative estimate of drug-likeness (QED) is 0.665. The number of phenols is 1. The zero-order valence-electron chi connectivity index (χ0n) is 9.84. The van der Waals surface area contributed by atoms with E-state index in [4.69, 9.17) is 0 Å². The number of rotatable bonds is 4. The summed E-state index contributed by atoms with van der Waals surface area (Å²) in [6.07, 6.45) is 0. The summed E-state index contributed by atoms with van der Waals surface area (Å²) in [6.45, 7) is 0.566. The molecule has 2 aromatic rings. The molecule has 0 atom stereocenters. The van der Waals surface area contributed by atoms with Gasteiger partial charge in [-0.2, -0.15) is 0 Å². The van der Waals surface area contributed by atoms with E-state index in [1.807, 2.05) is 6.07 Å². The lowest BCUT2D eigenvalue weighted by Gasteiger charge is -2.07.